The molecule has 106 valence electrons. The van der Waals surface area contributed by atoms with Crippen LogP contribution >= 0.6 is 0 Å². The van der Waals surface area contributed by atoms with Gasteiger partial charge in [0.25, 0.3) is 5.69 Å². The normalized spacial score (nSPS) is 10.5. The number of nitro groups is 1. The van der Waals surface area contributed by atoms with E-state index in [1.54, 1.807) is 0 Å². The lowest BCUT2D eigenvalue weighted by Crippen LogP contribution is -2.03. The summed E-state index contributed by atoms with van der Waals surface area (Å²) in [5.41, 5.74) is 0.564. The van der Waals surface area contributed by atoms with Crippen LogP contribution in [0.2, 0.25) is 0 Å². The highest BCUT2D eigenvalue weighted by Gasteiger charge is 2.06. The Morgan fingerprint density at radius 1 is 1.10 bits per heavy atom. The maximum absolute atomic E-state index is 12.7. The van der Waals surface area contributed by atoms with Crippen molar-refractivity contribution in [1.82, 2.24) is 0 Å². The number of esters is 1. The van der Waals surface area contributed by atoms with Gasteiger partial charge >= 0.3 is 5.97 Å². The molecular formula is C15H10FNO4. The standard InChI is InChI=1S/C15H10FNO4/c16-12-4-1-11(2-5-12)3-10-15(18)21-14-8-6-13(7-9-14)17(19)20/h1-10H/b10-3+. The van der Waals surface area contributed by atoms with Crippen LogP contribution in [0.5, 0.6) is 5.75 Å². The molecule has 0 amide bonds. The highest BCUT2D eigenvalue weighted by Crippen LogP contribution is 2.17. The summed E-state index contributed by atoms with van der Waals surface area (Å²) in [6.07, 6.45) is 2.67. The number of carbonyl (C=O) groups is 1. The van der Waals surface area contributed by atoms with Crippen LogP contribution in [0.3, 0.4) is 0 Å². The molecule has 0 fully saturated rings. The Morgan fingerprint density at radius 3 is 2.29 bits per heavy atom. The molecule has 5 nitrogen and oxygen atoms in total. The third-order valence-corrected chi connectivity index (χ3v) is 2.55. The number of non-ortho nitro benzene ring substituents is 1. The minimum Gasteiger partial charge on any atom is -0.423 e. The van der Waals surface area contributed by atoms with Crippen LogP contribution in [-0.2, 0) is 4.79 Å². The largest absolute Gasteiger partial charge is 0.423 e. The van der Waals surface area contributed by atoms with Gasteiger partial charge in [-0.25, -0.2) is 9.18 Å². The monoisotopic (exact) mass is 287 g/mol. The number of benzene rings is 2. The molecule has 2 aromatic carbocycles. The Balaban J connectivity index is 1.98. The van der Waals surface area contributed by atoms with Gasteiger partial charge in [0.2, 0.25) is 0 Å². The van der Waals surface area contributed by atoms with Crippen LogP contribution in [0, 0.1) is 15.9 Å². The lowest BCUT2D eigenvalue weighted by atomic mass is 10.2. The van der Waals surface area contributed by atoms with E-state index in [0.29, 0.717) is 5.56 Å². The molecule has 0 unspecified atom stereocenters. The quantitative estimate of drug-likeness (QED) is 0.284. The summed E-state index contributed by atoms with van der Waals surface area (Å²) in [5.74, 6) is -0.789. The first-order valence-electron chi connectivity index (χ1n) is 5.94. The fourth-order valence-electron chi connectivity index (χ4n) is 1.52. The number of hydrogen-bond acceptors (Lipinski definition) is 4. The summed E-state index contributed by atoms with van der Waals surface area (Å²) in [6.45, 7) is 0. The third kappa shape index (κ3) is 4.24. The lowest BCUT2D eigenvalue weighted by Gasteiger charge is -2.00. The number of carbonyl (C=O) groups excluding carboxylic acids is 1. The van der Waals surface area contributed by atoms with E-state index >= 15 is 0 Å². The Hall–Kier alpha value is -3.02. The average molecular weight is 287 g/mol. The number of halogens is 1. The number of nitro benzene ring substituents is 1. The summed E-state index contributed by atoms with van der Waals surface area (Å²) in [6, 6.07) is 10.8. The first-order valence-corrected chi connectivity index (χ1v) is 5.94. The van der Waals surface area contributed by atoms with E-state index in [9.17, 15) is 19.3 Å². The fraction of sp³-hybridized carbons (Fsp3) is 0. The van der Waals surface area contributed by atoms with E-state index < -0.39 is 10.9 Å². The van der Waals surface area contributed by atoms with Crippen molar-refractivity contribution in [2.45, 2.75) is 0 Å². The van der Waals surface area contributed by atoms with Crippen molar-refractivity contribution < 1.29 is 18.8 Å². The van der Waals surface area contributed by atoms with Gasteiger partial charge in [0, 0.05) is 18.2 Å². The van der Waals surface area contributed by atoms with Crippen molar-refractivity contribution in [3.05, 3.63) is 76.1 Å². The van der Waals surface area contributed by atoms with E-state index in [2.05, 4.69) is 0 Å². The Morgan fingerprint density at radius 2 is 1.71 bits per heavy atom. The van der Waals surface area contributed by atoms with Crippen LogP contribution in [0.1, 0.15) is 5.56 Å². The SMILES string of the molecule is O=C(/C=C/c1ccc(F)cc1)Oc1ccc([N+](=O)[O-])cc1. The van der Waals surface area contributed by atoms with Crippen molar-refractivity contribution in [2.24, 2.45) is 0 Å². The smallest absolute Gasteiger partial charge is 0.336 e. The van der Waals surface area contributed by atoms with E-state index in [4.69, 9.17) is 4.74 Å². The summed E-state index contributed by atoms with van der Waals surface area (Å²) in [4.78, 5) is 21.5. The van der Waals surface area contributed by atoms with Gasteiger partial charge in [-0.3, -0.25) is 10.1 Å². The van der Waals surface area contributed by atoms with Crippen LogP contribution in [0.4, 0.5) is 10.1 Å². The Labute approximate surface area is 119 Å². The van der Waals surface area contributed by atoms with Gasteiger partial charge in [0.1, 0.15) is 11.6 Å². The highest BCUT2D eigenvalue weighted by molar-refractivity contribution is 5.88. The van der Waals surface area contributed by atoms with Crippen LogP contribution in [-0.4, -0.2) is 10.9 Å². The molecule has 6 heteroatoms. The Bertz CT molecular complexity index is 678. The second-order valence-corrected chi connectivity index (χ2v) is 4.06. The average Bonchev–Trinajstić information content (AvgIpc) is 2.47. The maximum Gasteiger partial charge on any atom is 0.336 e. The van der Waals surface area contributed by atoms with Gasteiger partial charge in [-0.2, -0.15) is 0 Å². The van der Waals surface area contributed by atoms with Gasteiger partial charge in [-0.15, -0.1) is 0 Å². The number of hydrogen-bond donors (Lipinski definition) is 0. The van der Waals surface area contributed by atoms with Crippen molar-refractivity contribution in [1.29, 1.82) is 0 Å². The van der Waals surface area contributed by atoms with Crippen molar-refractivity contribution >= 4 is 17.7 Å². The topological polar surface area (TPSA) is 69.4 Å². The van der Waals surface area contributed by atoms with E-state index in [-0.39, 0.29) is 17.3 Å². The van der Waals surface area contributed by atoms with Crippen molar-refractivity contribution in [3.63, 3.8) is 0 Å². The minimum absolute atomic E-state index is 0.0864. The number of nitrogens with zero attached hydrogens (tertiary/aromatic N) is 1. The second kappa shape index (κ2) is 6.42. The predicted molar refractivity (Wildman–Crippen MR) is 74.2 cm³/mol. The zero-order valence-corrected chi connectivity index (χ0v) is 10.7. The molecule has 0 N–H and O–H groups in total. The lowest BCUT2D eigenvalue weighted by molar-refractivity contribution is -0.384. The van der Waals surface area contributed by atoms with Crippen molar-refractivity contribution in [2.75, 3.05) is 0 Å². The van der Waals surface area contributed by atoms with Gasteiger partial charge < -0.3 is 4.74 Å². The molecule has 0 radical (unpaired) electrons. The van der Waals surface area contributed by atoms with Gasteiger partial charge in [0.15, 0.2) is 0 Å². The van der Waals surface area contributed by atoms with Crippen LogP contribution in [0.15, 0.2) is 54.6 Å². The summed E-state index contributed by atoms with van der Waals surface area (Å²) in [5, 5.41) is 10.5. The first kappa shape index (κ1) is 14.4. The van der Waals surface area contributed by atoms with Gasteiger partial charge in [-0.05, 0) is 35.9 Å². The first-order chi connectivity index (χ1) is 10.0. The van der Waals surface area contributed by atoms with Crippen LogP contribution < -0.4 is 4.74 Å². The van der Waals surface area contributed by atoms with Gasteiger partial charge in [-0.1, -0.05) is 12.1 Å². The molecule has 0 atom stereocenters. The molecular weight excluding hydrogens is 277 g/mol. The fourth-order valence-corrected chi connectivity index (χ4v) is 1.52. The summed E-state index contributed by atoms with van der Waals surface area (Å²) in [7, 11) is 0. The van der Waals surface area contributed by atoms with Gasteiger partial charge in [0.05, 0.1) is 4.92 Å². The summed E-state index contributed by atoms with van der Waals surface area (Å²) >= 11 is 0. The maximum atomic E-state index is 12.7. The summed E-state index contributed by atoms with van der Waals surface area (Å²) < 4.78 is 17.7. The molecule has 0 saturated heterocycles. The molecule has 0 aromatic heterocycles. The molecule has 0 saturated carbocycles. The molecule has 0 aliphatic heterocycles. The minimum atomic E-state index is -0.631. The van der Waals surface area contributed by atoms with Crippen LogP contribution in [0.25, 0.3) is 6.08 Å². The molecule has 0 aliphatic carbocycles. The van der Waals surface area contributed by atoms with E-state index in [1.165, 1.54) is 60.7 Å². The highest BCUT2D eigenvalue weighted by atomic mass is 19.1. The third-order valence-electron chi connectivity index (χ3n) is 2.55. The zero-order valence-electron chi connectivity index (χ0n) is 10.7. The molecule has 2 aromatic rings. The predicted octanol–water partition coefficient (Wildman–Crippen LogP) is 3.35. The van der Waals surface area contributed by atoms with E-state index in [1.807, 2.05) is 0 Å². The zero-order chi connectivity index (χ0) is 15.2. The molecule has 0 aliphatic rings. The second-order valence-electron chi connectivity index (χ2n) is 4.06. The molecule has 2 rings (SSSR count). The Kier molecular flexibility index (Phi) is 4.40. The number of rotatable bonds is 4. The number of ether oxygens (including phenoxy) is 1. The molecule has 0 heterocycles. The van der Waals surface area contributed by atoms with Crippen molar-refractivity contribution in [3.8, 4) is 5.75 Å². The molecule has 0 spiro atoms. The molecule has 21 heavy (non-hydrogen) atoms. The molecule has 0 bridgehead atoms. The van der Waals surface area contributed by atoms with E-state index in [0.717, 1.165) is 0 Å².